The average molecular weight is 545 g/mol. The molecule has 37 heavy (non-hydrogen) atoms. The topological polar surface area (TPSA) is 65.9 Å². The molecule has 2 aliphatic heterocycles. The summed E-state index contributed by atoms with van der Waals surface area (Å²) in [5.74, 6) is -0.393. The van der Waals surface area contributed by atoms with Crippen molar-refractivity contribution in [3.63, 3.8) is 0 Å². The third-order valence-corrected chi connectivity index (χ3v) is 9.81. The van der Waals surface area contributed by atoms with E-state index in [1.165, 1.54) is 10.4 Å². The zero-order valence-corrected chi connectivity index (χ0v) is 22.5. The van der Waals surface area contributed by atoms with Crippen LogP contribution in [0, 0.1) is 19.7 Å². The number of hydrogen-bond acceptors (Lipinski definition) is 4. The van der Waals surface area contributed by atoms with Crippen LogP contribution in [0.1, 0.15) is 29.3 Å². The van der Waals surface area contributed by atoms with Crippen LogP contribution < -0.4 is 4.90 Å². The summed E-state index contributed by atoms with van der Waals surface area (Å²) in [5.41, 5.74) is 2.60. The first-order valence-corrected chi connectivity index (χ1v) is 14.2. The number of sulfonamides is 1. The summed E-state index contributed by atoms with van der Waals surface area (Å²) >= 11 is 6.23. The Hall–Kier alpha value is -2.88. The first-order chi connectivity index (χ1) is 17.7. The molecule has 1 saturated heterocycles. The van der Waals surface area contributed by atoms with Gasteiger partial charge in [-0.15, -0.1) is 0 Å². The van der Waals surface area contributed by atoms with Crippen LogP contribution in [-0.2, 0) is 21.4 Å². The van der Waals surface area contributed by atoms with Gasteiger partial charge in [0.05, 0.1) is 16.6 Å². The zero-order chi connectivity index (χ0) is 26.3. The molecule has 5 rings (SSSR count). The van der Waals surface area contributed by atoms with Crippen LogP contribution >= 0.6 is 11.6 Å². The highest BCUT2D eigenvalue weighted by molar-refractivity contribution is 7.89. The van der Waals surface area contributed by atoms with Gasteiger partial charge >= 0.3 is 0 Å². The largest absolute Gasteiger partial charge is 0.366 e. The SMILES string of the molecule is Cc1cc(S(=O)(=O)N2CCn3cccc3C2CC(=O)N2CCN(c3ccccc3F)CC2)c(C)cc1Cl. The molecule has 1 atom stereocenters. The molecule has 1 amide bonds. The van der Waals surface area contributed by atoms with E-state index in [4.69, 9.17) is 11.6 Å². The van der Waals surface area contributed by atoms with Gasteiger partial charge in [0, 0.05) is 62.6 Å². The number of rotatable bonds is 5. The van der Waals surface area contributed by atoms with Crippen LogP contribution in [-0.4, -0.2) is 60.8 Å². The maximum atomic E-state index is 14.2. The van der Waals surface area contributed by atoms with Gasteiger partial charge in [0.15, 0.2) is 0 Å². The summed E-state index contributed by atoms with van der Waals surface area (Å²) in [4.78, 5) is 17.4. The van der Waals surface area contributed by atoms with Gasteiger partial charge in [-0.3, -0.25) is 4.79 Å². The number of carbonyl (C=O) groups excluding carboxylic acids is 1. The second kappa shape index (κ2) is 10.1. The fraction of sp³-hybridized carbons (Fsp3) is 0.370. The number of carbonyl (C=O) groups is 1. The quantitative estimate of drug-likeness (QED) is 0.478. The molecule has 1 aromatic heterocycles. The summed E-state index contributed by atoms with van der Waals surface area (Å²) in [6, 6.07) is 13.1. The third kappa shape index (κ3) is 4.87. The molecule has 2 aliphatic rings. The maximum absolute atomic E-state index is 14.2. The van der Waals surface area contributed by atoms with E-state index < -0.39 is 16.1 Å². The molecule has 1 fully saturated rings. The molecule has 0 bridgehead atoms. The van der Waals surface area contributed by atoms with E-state index in [1.807, 2.05) is 27.8 Å². The van der Waals surface area contributed by atoms with Crippen LogP contribution in [0.2, 0.25) is 5.02 Å². The minimum absolute atomic E-state index is 0.0363. The summed E-state index contributed by atoms with van der Waals surface area (Å²) in [6.45, 7) is 6.22. The van der Waals surface area contributed by atoms with Gasteiger partial charge in [0.25, 0.3) is 0 Å². The minimum Gasteiger partial charge on any atom is -0.366 e. The van der Waals surface area contributed by atoms with Crippen molar-refractivity contribution in [1.29, 1.82) is 0 Å². The molecule has 196 valence electrons. The highest BCUT2D eigenvalue weighted by Crippen LogP contribution is 2.36. The van der Waals surface area contributed by atoms with Gasteiger partial charge in [-0.2, -0.15) is 4.31 Å². The molecule has 7 nitrogen and oxygen atoms in total. The Morgan fingerprint density at radius 3 is 2.43 bits per heavy atom. The number of hydrogen-bond donors (Lipinski definition) is 0. The normalized spacial score (nSPS) is 18.6. The molecule has 0 aliphatic carbocycles. The Morgan fingerprint density at radius 1 is 0.973 bits per heavy atom. The Labute approximate surface area is 222 Å². The zero-order valence-electron chi connectivity index (χ0n) is 20.9. The number of nitrogens with zero attached hydrogens (tertiary/aromatic N) is 4. The minimum atomic E-state index is -3.89. The summed E-state index contributed by atoms with van der Waals surface area (Å²) < 4.78 is 45.5. The van der Waals surface area contributed by atoms with E-state index in [0.29, 0.717) is 54.6 Å². The van der Waals surface area contributed by atoms with Gasteiger partial charge in [0.2, 0.25) is 15.9 Å². The van der Waals surface area contributed by atoms with Crippen molar-refractivity contribution in [3.05, 3.63) is 82.4 Å². The Morgan fingerprint density at radius 2 is 1.70 bits per heavy atom. The van der Waals surface area contributed by atoms with Crippen LogP contribution in [0.25, 0.3) is 0 Å². The molecule has 0 radical (unpaired) electrons. The van der Waals surface area contributed by atoms with Crippen molar-refractivity contribution in [2.75, 3.05) is 37.6 Å². The van der Waals surface area contributed by atoms with E-state index in [1.54, 1.807) is 49.1 Å². The van der Waals surface area contributed by atoms with Crippen LogP contribution in [0.3, 0.4) is 0 Å². The maximum Gasteiger partial charge on any atom is 0.244 e. The van der Waals surface area contributed by atoms with Crippen molar-refractivity contribution >= 4 is 33.2 Å². The highest BCUT2D eigenvalue weighted by Gasteiger charge is 2.39. The van der Waals surface area contributed by atoms with Crippen LogP contribution in [0.4, 0.5) is 10.1 Å². The molecule has 0 spiro atoms. The lowest BCUT2D eigenvalue weighted by Gasteiger charge is -2.39. The number of amides is 1. The van der Waals surface area contributed by atoms with Crippen LogP contribution in [0.15, 0.2) is 59.6 Å². The monoisotopic (exact) mass is 544 g/mol. The van der Waals surface area contributed by atoms with Gasteiger partial charge in [-0.05, 0) is 61.4 Å². The summed E-state index contributed by atoms with van der Waals surface area (Å²) in [5, 5.41) is 0.519. The Bertz CT molecular complexity index is 1430. The number of fused-ring (bicyclic) bond motifs is 1. The van der Waals surface area contributed by atoms with E-state index in [0.717, 1.165) is 5.69 Å². The van der Waals surface area contributed by atoms with Gasteiger partial charge < -0.3 is 14.4 Å². The summed E-state index contributed by atoms with van der Waals surface area (Å²) in [6.07, 6.45) is 1.95. The van der Waals surface area contributed by atoms with Crippen molar-refractivity contribution in [2.45, 2.75) is 37.8 Å². The third-order valence-electron chi connectivity index (χ3n) is 7.35. The number of para-hydroxylation sites is 1. The predicted octanol–water partition coefficient (Wildman–Crippen LogP) is 4.38. The molecule has 1 unspecified atom stereocenters. The van der Waals surface area contributed by atoms with Crippen molar-refractivity contribution in [1.82, 2.24) is 13.8 Å². The van der Waals surface area contributed by atoms with E-state index >= 15 is 0 Å². The molecular formula is C27H30ClFN4O3S. The molecule has 10 heteroatoms. The Kier molecular flexibility index (Phi) is 7.04. The fourth-order valence-corrected chi connectivity index (χ4v) is 7.40. The molecule has 3 aromatic rings. The highest BCUT2D eigenvalue weighted by atomic mass is 35.5. The predicted molar refractivity (Wildman–Crippen MR) is 142 cm³/mol. The smallest absolute Gasteiger partial charge is 0.244 e. The first-order valence-electron chi connectivity index (χ1n) is 12.4. The molecular weight excluding hydrogens is 515 g/mol. The average Bonchev–Trinajstić information content (AvgIpc) is 3.36. The number of aryl methyl sites for hydroxylation is 2. The number of aromatic nitrogens is 1. The van der Waals surface area contributed by atoms with Gasteiger partial charge in [-0.25, -0.2) is 12.8 Å². The lowest BCUT2D eigenvalue weighted by atomic mass is 10.1. The van der Waals surface area contributed by atoms with Crippen molar-refractivity contribution in [2.24, 2.45) is 0 Å². The second-order valence-electron chi connectivity index (χ2n) is 9.65. The fourth-order valence-electron chi connectivity index (χ4n) is 5.30. The van der Waals surface area contributed by atoms with E-state index in [-0.39, 0.29) is 29.6 Å². The molecule has 0 saturated carbocycles. The standard InChI is InChI=1S/C27H30ClFN4O3S/c1-19-17-26(20(2)16-21(19)28)37(35,36)33-15-14-30-9-5-8-24(30)25(33)18-27(34)32-12-10-31(11-13-32)23-7-4-3-6-22(23)29/h3-9,16-17,25H,10-15,18H2,1-2H3. The van der Waals surface area contributed by atoms with Gasteiger partial charge in [0.1, 0.15) is 5.82 Å². The number of anilines is 1. The number of benzene rings is 2. The van der Waals surface area contributed by atoms with Crippen LogP contribution in [0.5, 0.6) is 0 Å². The van der Waals surface area contributed by atoms with Crippen molar-refractivity contribution in [3.8, 4) is 0 Å². The second-order valence-corrected chi connectivity index (χ2v) is 11.9. The van der Waals surface area contributed by atoms with Crippen molar-refractivity contribution < 1.29 is 17.6 Å². The summed E-state index contributed by atoms with van der Waals surface area (Å²) in [7, 11) is -3.89. The molecule has 0 N–H and O–H groups in total. The molecule has 3 heterocycles. The van der Waals surface area contributed by atoms with Gasteiger partial charge in [-0.1, -0.05) is 23.7 Å². The van der Waals surface area contributed by atoms with E-state index in [2.05, 4.69) is 0 Å². The lowest BCUT2D eigenvalue weighted by Crippen LogP contribution is -2.50. The molecule has 2 aromatic carbocycles. The van der Waals surface area contributed by atoms with E-state index in [9.17, 15) is 17.6 Å². The lowest BCUT2D eigenvalue weighted by molar-refractivity contribution is -0.132. The first kappa shape index (κ1) is 25.8. The number of piperazine rings is 1. The number of halogens is 2. The Balaban J connectivity index is 1.37.